The van der Waals surface area contributed by atoms with Crippen molar-refractivity contribution in [1.29, 1.82) is 0 Å². The van der Waals surface area contributed by atoms with E-state index in [1.165, 1.54) is 20.3 Å². The Morgan fingerprint density at radius 2 is 1.95 bits per heavy atom. The Morgan fingerprint density at radius 3 is 2.42 bits per heavy atom. The zero-order valence-corrected chi connectivity index (χ0v) is 11.5. The first kappa shape index (κ1) is 15.2. The highest BCUT2D eigenvalue weighted by Crippen LogP contribution is 2.18. The van der Waals surface area contributed by atoms with E-state index in [0.717, 1.165) is 12.8 Å². The molecule has 0 aromatic carbocycles. The summed E-state index contributed by atoms with van der Waals surface area (Å²) in [6, 6.07) is 1.54. The van der Waals surface area contributed by atoms with Crippen molar-refractivity contribution < 1.29 is 14.3 Å². The van der Waals surface area contributed by atoms with Crippen molar-refractivity contribution in [2.45, 2.75) is 19.8 Å². The fourth-order valence-corrected chi connectivity index (χ4v) is 1.46. The molecular weight excluding hydrogens is 248 g/mol. The molecule has 0 aliphatic rings. The summed E-state index contributed by atoms with van der Waals surface area (Å²) in [4.78, 5) is 20.0. The summed E-state index contributed by atoms with van der Waals surface area (Å²) in [5.41, 5.74) is 5.42. The Balaban J connectivity index is 2.72. The van der Waals surface area contributed by atoms with Crippen LogP contribution in [0.3, 0.4) is 0 Å². The largest absolute Gasteiger partial charge is 0.481 e. The van der Waals surface area contributed by atoms with E-state index in [2.05, 4.69) is 15.3 Å². The molecule has 0 aliphatic carbocycles. The highest BCUT2D eigenvalue weighted by Gasteiger charge is 2.15. The summed E-state index contributed by atoms with van der Waals surface area (Å²) in [6.07, 6.45) is 1.53. The molecule has 1 aromatic rings. The highest BCUT2D eigenvalue weighted by molar-refractivity contribution is 5.90. The van der Waals surface area contributed by atoms with Gasteiger partial charge in [-0.05, 0) is 19.4 Å². The lowest BCUT2D eigenvalue weighted by atomic mass is 10.1. The van der Waals surface area contributed by atoms with Crippen LogP contribution in [-0.4, -0.2) is 36.6 Å². The zero-order valence-electron chi connectivity index (χ0n) is 11.5. The number of carbonyl (C=O) groups is 1. The molecule has 7 heteroatoms. The molecule has 0 spiro atoms. The molecule has 0 radical (unpaired) electrons. The highest BCUT2D eigenvalue weighted by atomic mass is 16.5. The minimum Gasteiger partial charge on any atom is -0.481 e. The van der Waals surface area contributed by atoms with Crippen molar-refractivity contribution in [1.82, 2.24) is 9.97 Å². The Labute approximate surface area is 112 Å². The summed E-state index contributed by atoms with van der Waals surface area (Å²) in [5, 5.41) is 2.64. The Bertz CT molecular complexity index is 403. The summed E-state index contributed by atoms with van der Waals surface area (Å²) in [5.74, 6) is 0.530. The van der Waals surface area contributed by atoms with Gasteiger partial charge in [0.15, 0.2) is 0 Å². The number of nitrogens with zero attached hydrogens (tertiary/aromatic N) is 2. The predicted molar refractivity (Wildman–Crippen MR) is 71.2 cm³/mol. The van der Waals surface area contributed by atoms with Gasteiger partial charge in [0, 0.05) is 5.92 Å². The molecule has 0 aliphatic heterocycles. The fourth-order valence-electron chi connectivity index (χ4n) is 1.46. The molecule has 0 fully saturated rings. The number of aromatic nitrogens is 2. The number of hydrogen-bond acceptors (Lipinski definition) is 6. The summed E-state index contributed by atoms with van der Waals surface area (Å²) in [6.45, 7) is 2.41. The smallest absolute Gasteiger partial charge is 0.236 e. The third-order valence-electron chi connectivity index (χ3n) is 2.62. The number of anilines is 1. The molecule has 7 nitrogen and oxygen atoms in total. The van der Waals surface area contributed by atoms with Crippen LogP contribution in [0.1, 0.15) is 19.8 Å². The molecule has 0 saturated carbocycles. The van der Waals surface area contributed by atoms with Gasteiger partial charge in [0.05, 0.1) is 20.3 Å². The second kappa shape index (κ2) is 7.52. The van der Waals surface area contributed by atoms with Crippen molar-refractivity contribution in [3.05, 3.63) is 6.07 Å². The molecule has 106 valence electrons. The lowest BCUT2D eigenvalue weighted by Crippen LogP contribution is -2.22. The number of ether oxygens (including phenoxy) is 2. The third-order valence-corrected chi connectivity index (χ3v) is 2.62. The van der Waals surface area contributed by atoms with Gasteiger partial charge in [-0.25, -0.2) is 0 Å². The molecule has 1 rings (SSSR count). The van der Waals surface area contributed by atoms with Gasteiger partial charge in [-0.3, -0.25) is 10.1 Å². The van der Waals surface area contributed by atoms with Crippen molar-refractivity contribution in [3.8, 4) is 11.8 Å². The quantitative estimate of drug-likeness (QED) is 0.759. The van der Waals surface area contributed by atoms with E-state index >= 15 is 0 Å². The SMILES string of the molecule is COc1cc(OC)nc(NC(=O)C(C)CCCN)n1. The molecule has 1 unspecified atom stereocenters. The van der Waals surface area contributed by atoms with Gasteiger partial charge < -0.3 is 15.2 Å². The maximum absolute atomic E-state index is 11.9. The van der Waals surface area contributed by atoms with Crippen molar-refractivity contribution in [3.63, 3.8) is 0 Å². The second-order valence-electron chi connectivity index (χ2n) is 4.10. The number of rotatable bonds is 7. The van der Waals surface area contributed by atoms with E-state index in [1.54, 1.807) is 0 Å². The van der Waals surface area contributed by atoms with Crippen LogP contribution in [0.25, 0.3) is 0 Å². The maximum atomic E-state index is 11.9. The maximum Gasteiger partial charge on any atom is 0.236 e. The van der Waals surface area contributed by atoms with Gasteiger partial charge >= 0.3 is 0 Å². The summed E-state index contributed by atoms with van der Waals surface area (Å²) < 4.78 is 10.0. The van der Waals surface area contributed by atoms with Crippen LogP contribution in [0.4, 0.5) is 5.95 Å². The first-order valence-corrected chi connectivity index (χ1v) is 6.08. The first-order chi connectivity index (χ1) is 9.10. The van der Waals surface area contributed by atoms with Gasteiger partial charge in [0.1, 0.15) is 0 Å². The van der Waals surface area contributed by atoms with Crippen molar-refractivity contribution in [2.75, 3.05) is 26.1 Å². The minimum atomic E-state index is -0.149. The number of nitrogens with one attached hydrogen (secondary N) is 1. The van der Waals surface area contributed by atoms with Gasteiger partial charge in [0.25, 0.3) is 0 Å². The van der Waals surface area contributed by atoms with E-state index in [4.69, 9.17) is 15.2 Å². The second-order valence-corrected chi connectivity index (χ2v) is 4.10. The number of nitrogens with two attached hydrogens (primary N) is 1. The standard InChI is InChI=1S/C12H20N4O3/c1-8(5-4-6-13)11(17)16-12-14-9(18-2)7-10(15-12)19-3/h7-8H,4-6,13H2,1-3H3,(H,14,15,16,17). The van der Waals surface area contributed by atoms with Gasteiger partial charge in [0.2, 0.25) is 23.6 Å². The lowest BCUT2D eigenvalue weighted by molar-refractivity contribution is -0.119. The van der Waals surface area contributed by atoms with Crippen molar-refractivity contribution in [2.24, 2.45) is 11.7 Å². The van der Waals surface area contributed by atoms with Crippen LogP contribution in [0.2, 0.25) is 0 Å². The van der Waals surface area contributed by atoms with E-state index in [-0.39, 0.29) is 17.8 Å². The summed E-state index contributed by atoms with van der Waals surface area (Å²) >= 11 is 0. The van der Waals surface area contributed by atoms with Crippen molar-refractivity contribution >= 4 is 11.9 Å². The van der Waals surface area contributed by atoms with Crippen LogP contribution >= 0.6 is 0 Å². The van der Waals surface area contributed by atoms with E-state index in [9.17, 15) is 4.79 Å². The molecule has 0 bridgehead atoms. The molecule has 3 N–H and O–H groups in total. The molecule has 1 heterocycles. The van der Waals surface area contributed by atoms with Crippen LogP contribution in [0.5, 0.6) is 11.8 Å². The topological polar surface area (TPSA) is 99.4 Å². The zero-order chi connectivity index (χ0) is 14.3. The Hall–Kier alpha value is -1.89. The van der Waals surface area contributed by atoms with Crippen LogP contribution in [0, 0.1) is 5.92 Å². The van der Waals surface area contributed by atoms with Crippen LogP contribution in [-0.2, 0) is 4.79 Å². The van der Waals surface area contributed by atoms with Crippen LogP contribution in [0.15, 0.2) is 6.07 Å². The monoisotopic (exact) mass is 268 g/mol. The lowest BCUT2D eigenvalue weighted by Gasteiger charge is -2.11. The minimum absolute atomic E-state index is 0.149. The fraction of sp³-hybridized carbons (Fsp3) is 0.583. The van der Waals surface area contributed by atoms with Gasteiger partial charge in [-0.15, -0.1) is 0 Å². The Morgan fingerprint density at radius 1 is 1.37 bits per heavy atom. The van der Waals surface area contributed by atoms with E-state index in [0.29, 0.717) is 18.3 Å². The normalized spacial score (nSPS) is 11.8. The number of amides is 1. The molecular formula is C12H20N4O3. The molecule has 1 atom stereocenters. The molecule has 1 amide bonds. The van der Waals surface area contributed by atoms with Gasteiger partial charge in [-0.1, -0.05) is 6.92 Å². The number of hydrogen-bond donors (Lipinski definition) is 2. The first-order valence-electron chi connectivity index (χ1n) is 6.08. The van der Waals surface area contributed by atoms with Crippen LogP contribution < -0.4 is 20.5 Å². The number of methoxy groups -OCH3 is 2. The average Bonchev–Trinajstić information content (AvgIpc) is 2.43. The molecule has 19 heavy (non-hydrogen) atoms. The average molecular weight is 268 g/mol. The van der Waals surface area contributed by atoms with E-state index < -0.39 is 0 Å². The predicted octanol–water partition coefficient (Wildman–Crippen LogP) is 0.807. The Kier molecular flexibility index (Phi) is 6.01. The molecule has 0 saturated heterocycles. The van der Waals surface area contributed by atoms with Gasteiger partial charge in [-0.2, -0.15) is 9.97 Å². The van der Waals surface area contributed by atoms with E-state index in [1.807, 2.05) is 6.92 Å². The third kappa shape index (κ3) is 4.70. The summed E-state index contributed by atoms with van der Waals surface area (Å²) in [7, 11) is 2.97. The molecule has 1 aromatic heterocycles. The number of carbonyl (C=O) groups excluding carboxylic acids is 1.